The molecular formula is C15H25N7O7S2. The van der Waals surface area contributed by atoms with Gasteiger partial charge < -0.3 is 36.6 Å². The van der Waals surface area contributed by atoms with Gasteiger partial charge in [0.05, 0.1) is 25.3 Å². The molecule has 0 bridgehead atoms. The fourth-order valence-corrected chi connectivity index (χ4v) is 4.35. The lowest BCUT2D eigenvalue weighted by Crippen LogP contribution is -2.47. The molecule has 3 heterocycles. The van der Waals surface area contributed by atoms with Gasteiger partial charge >= 0.3 is 10.3 Å². The molecule has 3 aliphatic rings. The number of carbonyl (C=O) groups excluding carboxylic acids is 1. The van der Waals surface area contributed by atoms with Crippen LogP contribution in [0.3, 0.4) is 0 Å². The van der Waals surface area contributed by atoms with Gasteiger partial charge in [-0.05, 0) is 18.4 Å². The summed E-state index contributed by atoms with van der Waals surface area (Å²) in [6.45, 7) is -0.650. The molecule has 16 heteroatoms. The standard InChI is InChI=1S/C15H25N7O7S2/c1-30-3-2-7(16)14(25)21-31(26,27)28-4-8-10(23)11(24)15(29-8)22-6-20-9-12(17)18-5-19-13(9)22/h5-8,10-11,13,15,23-24H,2-4,16-17H2,1H3,(H,18,19)(H,21,25)/t7-,8+,10+,11+,13?,15+/m0/s1. The van der Waals surface area contributed by atoms with Crippen LogP contribution < -0.4 is 21.5 Å². The van der Waals surface area contributed by atoms with Crippen molar-refractivity contribution in [2.24, 2.45) is 21.5 Å². The van der Waals surface area contributed by atoms with Gasteiger partial charge in [-0.2, -0.15) is 20.2 Å². The number of nitrogens with one attached hydrogen (secondary N) is 2. The zero-order valence-corrected chi connectivity index (χ0v) is 18.1. The van der Waals surface area contributed by atoms with Crippen LogP contribution in [0.2, 0.25) is 0 Å². The number of aliphatic imine (C=N–C) groups is 2. The Kier molecular flexibility index (Phi) is 7.40. The number of thioether (sulfide) groups is 1. The largest absolute Gasteiger partial charge is 0.387 e. The zero-order chi connectivity index (χ0) is 22.8. The molecular weight excluding hydrogens is 454 g/mol. The lowest BCUT2D eigenvalue weighted by Gasteiger charge is -2.30. The van der Waals surface area contributed by atoms with E-state index >= 15 is 0 Å². The first kappa shape index (κ1) is 23.7. The molecule has 0 aromatic carbocycles. The minimum absolute atomic E-state index is 0.282. The number of fused-ring (bicyclic) bond motifs is 1. The Labute approximate surface area is 183 Å². The Morgan fingerprint density at radius 3 is 2.94 bits per heavy atom. The summed E-state index contributed by atoms with van der Waals surface area (Å²) in [5, 5.41) is 23.4. The number of nitrogens with two attached hydrogens (primary N) is 2. The van der Waals surface area contributed by atoms with E-state index in [2.05, 4.69) is 15.3 Å². The van der Waals surface area contributed by atoms with Gasteiger partial charge in [-0.15, -0.1) is 0 Å². The fraction of sp³-hybridized carbons (Fsp3) is 0.667. The highest BCUT2D eigenvalue weighted by Gasteiger charge is 2.49. The smallest absolute Gasteiger partial charge is 0.362 e. The molecule has 14 nitrogen and oxygen atoms in total. The Morgan fingerprint density at radius 1 is 1.48 bits per heavy atom. The van der Waals surface area contributed by atoms with Crippen molar-refractivity contribution in [2.45, 2.75) is 43.2 Å². The van der Waals surface area contributed by atoms with Gasteiger partial charge in [0.2, 0.25) is 0 Å². The van der Waals surface area contributed by atoms with Crippen LogP contribution in [0.25, 0.3) is 0 Å². The zero-order valence-electron chi connectivity index (χ0n) is 16.5. The normalized spacial score (nSPS) is 31.0. The summed E-state index contributed by atoms with van der Waals surface area (Å²) in [5.41, 5.74) is 11.8. The highest BCUT2D eigenvalue weighted by Crippen LogP contribution is 2.31. The molecule has 0 aromatic rings. The third-order valence-corrected chi connectivity index (χ3v) is 6.32. The maximum atomic E-state index is 12.0. The second kappa shape index (κ2) is 9.68. The van der Waals surface area contributed by atoms with Crippen LogP contribution >= 0.6 is 11.8 Å². The Bertz CT molecular complexity index is 881. The average Bonchev–Trinajstić information content (AvgIpc) is 3.27. The van der Waals surface area contributed by atoms with E-state index in [4.69, 9.17) is 20.4 Å². The molecule has 0 saturated carbocycles. The number of aliphatic hydroxyl groups excluding tert-OH is 2. The quantitative estimate of drug-likeness (QED) is 0.189. The number of rotatable bonds is 9. The number of carbonyl (C=O) groups is 1. The first-order valence-corrected chi connectivity index (χ1v) is 12.0. The van der Waals surface area contributed by atoms with Crippen LogP contribution in [-0.2, 0) is 24.0 Å². The predicted molar refractivity (Wildman–Crippen MR) is 112 cm³/mol. The summed E-state index contributed by atoms with van der Waals surface area (Å²) in [7, 11) is -4.50. The number of aliphatic hydroxyl groups is 2. The van der Waals surface area contributed by atoms with Crippen molar-refractivity contribution in [1.82, 2.24) is 14.9 Å². The first-order chi connectivity index (χ1) is 14.6. The third kappa shape index (κ3) is 5.28. The van der Waals surface area contributed by atoms with Crippen molar-refractivity contribution in [1.29, 1.82) is 0 Å². The van der Waals surface area contributed by atoms with Crippen molar-refractivity contribution in [3.63, 3.8) is 0 Å². The molecule has 1 fully saturated rings. The molecule has 1 amide bonds. The average molecular weight is 480 g/mol. The molecule has 0 radical (unpaired) electrons. The van der Waals surface area contributed by atoms with Crippen LogP contribution in [0, 0.1) is 0 Å². The summed E-state index contributed by atoms with van der Waals surface area (Å²) in [4.78, 5) is 21.6. The molecule has 6 atom stereocenters. The molecule has 31 heavy (non-hydrogen) atoms. The molecule has 3 rings (SSSR count). The molecule has 0 aromatic heterocycles. The summed E-state index contributed by atoms with van der Waals surface area (Å²) in [5.74, 6) is -0.0431. The van der Waals surface area contributed by atoms with Crippen molar-refractivity contribution in [3.05, 3.63) is 11.5 Å². The van der Waals surface area contributed by atoms with Crippen LogP contribution in [-0.4, -0.2) is 97.5 Å². The van der Waals surface area contributed by atoms with E-state index in [0.29, 0.717) is 17.9 Å². The number of hydrogen-bond acceptors (Lipinski definition) is 14. The van der Waals surface area contributed by atoms with E-state index in [1.807, 2.05) is 6.26 Å². The Morgan fingerprint density at radius 2 is 2.23 bits per heavy atom. The number of amides is 1. The molecule has 1 saturated heterocycles. The van der Waals surface area contributed by atoms with E-state index in [1.165, 1.54) is 29.3 Å². The predicted octanol–water partition coefficient (Wildman–Crippen LogP) is -3.68. The fourth-order valence-electron chi connectivity index (χ4n) is 3.09. The van der Waals surface area contributed by atoms with Crippen LogP contribution in [0.15, 0.2) is 21.5 Å². The van der Waals surface area contributed by atoms with Crippen molar-refractivity contribution in [3.8, 4) is 0 Å². The third-order valence-electron chi connectivity index (χ3n) is 4.78. The SMILES string of the molecule is CSCC[C@H](N)C(=O)NS(=O)(=O)OC[C@H]1O[C@@H](N2C=NC3=C(N)NC=NC32)[C@H](O)[C@@H]1O. The van der Waals surface area contributed by atoms with E-state index in [1.54, 1.807) is 4.72 Å². The van der Waals surface area contributed by atoms with Gasteiger partial charge in [0, 0.05) is 0 Å². The van der Waals surface area contributed by atoms with E-state index in [0.717, 1.165) is 0 Å². The van der Waals surface area contributed by atoms with Gasteiger partial charge in [-0.1, -0.05) is 0 Å². The number of hydrogen-bond donors (Lipinski definition) is 6. The molecule has 8 N–H and O–H groups in total. The highest BCUT2D eigenvalue weighted by molar-refractivity contribution is 7.98. The molecule has 0 spiro atoms. The summed E-state index contributed by atoms with van der Waals surface area (Å²) in [6.07, 6.45) is -1.01. The van der Waals surface area contributed by atoms with E-state index in [-0.39, 0.29) is 5.82 Å². The second-order valence-corrected chi connectivity index (χ2v) is 9.26. The van der Waals surface area contributed by atoms with Crippen LogP contribution in [0.4, 0.5) is 0 Å². The van der Waals surface area contributed by atoms with Crippen LogP contribution in [0.5, 0.6) is 0 Å². The van der Waals surface area contributed by atoms with Gasteiger partial charge in [-0.25, -0.2) is 14.7 Å². The van der Waals surface area contributed by atoms with Gasteiger partial charge in [0.1, 0.15) is 29.8 Å². The summed E-state index contributed by atoms with van der Waals surface area (Å²) >= 11 is 1.47. The summed E-state index contributed by atoms with van der Waals surface area (Å²) < 4.78 is 36.1. The highest BCUT2D eigenvalue weighted by atomic mass is 32.2. The van der Waals surface area contributed by atoms with Crippen molar-refractivity contribution in [2.75, 3.05) is 18.6 Å². The van der Waals surface area contributed by atoms with Crippen molar-refractivity contribution >= 4 is 40.7 Å². The summed E-state index contributed by atoms with van der Waals surface area (Å²) in [6, 6.07) is -1.01. The van der Waals surface area contributed by atoms with Crippen molar-refractivity contribution < 1.29 is 32.3 Å². The maximum absolute atomic E-state index is 12.0. The number of ether oxygens (including phenoxy) is 1. The molecule has 174 valence electrons. The van der Waals surface area contributed by atoms with Gasteiger partial charge in [0.25, 0.3) is 5.91 Å². The van der Waals surface area contributed by atoms with Crippen LogP contribution in [0.1, 0.15) is 6.42 Å². The Hall–Kier alpha value is -1.95. The monoisotopic (exact) mass is 479 g/mol. The number of nitrogens with zero attached hydrogens (tertiary/aromatic N) is 3. The Balaban J connectivity index is 1.57. The minimum atomic E-state index is -4.50. The molecule has 1 unspecified atom stereocenters. The van der Waals surface area contributed by atoms with E-state index in [9.17, 15) is 23.4 Å². The topological polar surface area (TPSA) is 214 Å². The molecule has 0 aliphatic carbocycles. The van der Waals surface area contributed by atoms with E-state index < -0.39 is 59.6 Å². The molecule has 3 aliphatic heterocycles. The minimum Gasteiger partial charge on any atom is -0.387 e. The van der Waals surface area contributed by atoms with Gasteiger partial charge in [0.15, 0.2) is 12.4 Å². The van der Waals surface area contributed by atoms with Gasteiger partial charge in [-0.3, -0.25) is 8.98 Å². The lowest BCUT2D eigenvalue weighted by molar-refractivity contribution is -0.120. The lowest BCUT2D eigenvalue weighted by atomic mass is 10.1. The maximum Gasteiger partial charge on any atom is 0.362 e. The first-order valence-electron chi connectivity index (χ1n) is 9.21. The second-order valence-electron chi connectivity index (χ2n) is 6.93.